The summed E-state index contributed by atoms with van der Waals surface area (Å²) >= 11 is 9.14. The van der Waals surface area contributed by atoms with E-state index in [0.717, 1.165) is 5.56 Å². The van der Waals surface area contributed by atoms with Gasteiger partial charge in [0, 0.05) is 11.0 Å². The van der Waals surface area contributed by atoms with Gasteiger partial charge in [-0.05, 0) is 54.4 Å². The Morgan fingerprint density at radius 2 is 1.96 bits per heavy atom. The highest BCUT2D eigenvalue weighted by molar-refractivity contribution is 9.10. The minimum absolute atomic E-state index is 0.262. The average molecular weight is 414 g/mol. The van der Waals surface area contributed by atoms with Gasteiger partial charge in [0.2, 0.25) is 0 Å². The zero-order chi connectivity index (χ0) is 17.7. The van der Waals surface area contributed by atoms with Crippen molar-refractivity contribution in [3.63, 3.8) is 0 Å². The van der Waals surface area contributed by atoms with Crippen LogP contribution in [0.5, 0.6) is 0 Å². The first-order chi connectivity index (χ1) is 10.5. The van der Waals surface area contributed by atoms with Crippen LogP contribution in [0.1, 0.15) is 26.3 Å². The minimum atomic E-state index is -3.08. The largest absolute Gasteiger partial charge is 0.444 e. The highest BCUT2D eigenvalue weighted by Crippen LogP contribution is 2.23. The quantitative estimate of drug-likeness (QED) is 0.729. The topological polar surface area (TPSA) is 50.4 Å². The van der Waals surface area contributed by atoms with E-state index < -0.39 is 30.7 Å². The van der Waals surface area contributed by atoms with Crippen molar-refractivity contribution in [3.8, 4) is 0 Å². The van der Waals surface area contributed by atoms with Gasteiger partial charge in [0.15, 0.2) is 0 Å². The van der Waals surface area contributed by atoms with E-state index in [9.17, 15) is 13.6 Å². The van der Waals surface area contributed by atoms with E-state index in [-0.39, 0.29) is 6.54 Å². The first kappa shape index (κ1) is 20.1. The second kappa shape index (κ2) is 8.26. The van der Waals surface area contributed by atoms with E-state index >= 15 is 0 Å². The van der Waals surface area contributed by atoms with Crippen LogP contribution in [0.3, 0.4) is 0 Å². The van der Waals surface area contributed by atoms with E-state index in [1.807, 2.05) is 0 Å². The van der Waals surface area contributed by atoms with Crippen molar-refractivity contribution in [2.24, 2.45) is 0 Å². The Morgan fingerprint density at radius 1 is 1.30 bits per heavy atom. The number of hydrogen-bond donors (Lipinski definition) is 2. The summed E-state index contributed by atoms with van der Waals surface area (Å²) in [6.07, 6.45) is -0.862. The standard InChI is InChI=1S/C15H20BrClF2N2O2/c1-14(2,3)23-13(22)21-9-15(18,19)8-20-7-10-4-5-12(17)11(16)6-10/h4-6,20H,7-9H2,1-3H3,(H,21,22). The maximum Gasteiger partial charge on any atom is 0.407 e. The lowest BCUT2D eigenvalue weighted by Gasteiger charge is -2.22. The molecular weight excluding hydrogens is 394 g/mol. The van der Waals surface area contributed by atoms with Crippen LogP contribution in [-0.2, 0) is 11.3 Å². The molecule has 4 nitrogen and oxygen atoms in total. The number of carbonyl (C=O) groups excluding carboxylic acids is 1. The van der Waals surface area contributed by atoms with Crippen LogP contribution in [0.4, 0.5) is 13.6 Å². The summed E-state index contributed by atoms with van der Waals surface area (Å²) in [6, 6.07) is 5.19. The summed E-state index contributed by atoms with van der Waals surface area (Å²) in [7, 11) is 0. The number of alkyl carbamates (subject to hydrolysis) is 1. The molecule has 0 aliphatic carbocycles. The second-order valence-corrected chi connectivity index (χ2v) is 7.32. The highest BCUT2D eigenvalue weighted by atomic mass is 79.9. The van der Waals surface area contributed by atoms with Gasteiger partial charge in [0.25, 0.3) is 5.92 Å². The molecule has 0 aliphatic heterocycles. The molecule has 0 bridgehead atoms. The number of alkyl halides is 2. The molecule has 0 saturated heterocycles. The molecule has 8 heteroatoms. The Kier molecular flexibility index (Phi) is 7.23. The summed E-state index contributed by atoms with van der Waals surface area (Å²) in [5, 5.41) is 5.28. The summed E-state index contributed by atoms with van der Waals surface area (Å²) in [4.78, 5) is 11.4. The van der Waals surface area contributed by atoms with Gasteiger partial charge in [-0.3, -0.25) is 0 Å². The molecule has 0 spiro atoms. The number of benzene rings is 1. The monoisotopic (exact) mass is 412 g/mol. The average Bonchev–Trinajstić information content (AvgIpc) is 2.39. The van der Waals surface area contributed by atoms with Crippen LogP contribution < -0.4 is 10.6 Å². The fourth-order valence-electron chi connectivity index (χ4n) is 1.62. The minimum Gasteiger partial charge on any atom is -0.444 e. The van der Waals surface area contributed by atoms with Crippen LogP contribution in [0.15, 0.2) is 22.7 Å². The van der Waals surface area contributed by atoms with E-state index in [1.54, 1.807) is 39.0 Å². The summed E-state index contributed by atoms with van der Waals surface area (Å²) in [5.41, 5.74) is 0.0942. The molecule has 0 unspecified atom stereocenters. The Labute approximate surface area is 148 Å². The Morgan fingerprint density at radius 3 is 2.52 bits per heavy atom. The Balaban J connectivity index is 2.37. The molecule has 1 aromatic rings. The molecule has 2 N–H and O–H groups in total. The van der Waals surface area contributed by atoms with Gasteiger partial charge < -0.3 is 15.4 Å². The zero-order valence-corrected chi connectivity index (χ0v) is 15.5. The van der Waals surface area contributed by atoms with E-state index in [1.165, 1.54) is 0 Å². The fraction of sp³-hybridized carbons (Fsp3) is 0.533. The van der Waals surface area contributed by atoms with Gasteiger partial charge in [-0.1, -0.05) is 17.7 Å². The van der Waals surface area contributed by atoms with E-state index in [2.05, 4.69) is 26.6 Å². The van der Waals surface area contributed by atoms with Crippen LogP contribution in [0.2, 0.25) is 5.02 Å². The molecule has 23 heavy (non-hydrogen) atoms. The number of halogens is 4. The van der Waals surface area contributed by atoms with Gasteiger partial charge in [0.05, 0.1) is 18.1 Å². The number of amides is 1. The maximum atomic E-state index is 13.7. The normalized spacial score (nSPS) is 12.1. The molecule has 1 amide bonds. The first-order valence-corrected chi connectivity index (χ1v) is 8.15. The molecule has 1 rings (SSSR count). The SMILES string of the molecule is CC(C)(C)OC(=O)NCC(F)(F)CNCc1ccc(Cl)c(Br)c1. The Bertz CT molecular complexity index is 551. The van der Waals surface area contributed by atoms with Crippen molar-refractivity contribution < 1.29 is 18.3 Å². The molecule has 0 aromatic heterocycles. The van der Waals surface area contributed by atoms with Crippen LogP contribution in [0.25, 0.3) is 0 Å². The maximum absolute atomic E-state index is 13.7. The lowest BCUT2D eigenvalue weighted by atomic mass is 10.2. The van der Waals surface area contributed by atoms with E-state index in [0.29, 0.717) is 9.50 Å². The molecule has 0 aliphatic rings. The van der Waals surface area contributed by atoms with Crippen molar-refractivity contribution in [1.29, 1.82) is 0 Å². The third-order valence-electron chi connectivity index (χ3n) is 2.59. The van der Waals surface area contributed by atoms with Gasteiger partial charge in [0.1, 0.15) is 5.60 Å². The molecule has 0 atom stereocenters. The number of nitrogens with one attached hydrogen (secondary N) is 2. The van der Waals surface area contributed by atoms with Crippen molar-refractivity contribution in [2.45, 2.75) is 38.8 Å². The van der Waals surface area contributed by atoms with Crippen molar-refractivity contribution in [3.05, 3.63) is 33.3 Å². The van der Waals surface area contributed by atoms with E-state index in [4.69, 9.17) is 16.3 Å². The second-order valence-electron chi connectivity index (χ2n) is 6.06. The van der Waals surface area contributed by atoms with Crippen LogP contribution >= 0.6 is 27.5 Å². The zero-order valence-electron chi connectivity index (χ0n) is 13.2. The fourth-order valence-corrected chi connectivity index (χ4v) is 2.16. The van der Waals surface area contributed by atoms with Crippen LogP contribution in [-0.4, -0.2) is 30.7 Å². The summed E-state index contributed by atoms with van der Waals surface area (Å²) in [5.74, 6) is -3.08. The van der Waals surface area contributed by atoms with Gasteiger partial charge in [-0.15, -0.1) is 0 Å². The summed E-state index contributed by atoms with van der Waals surface area (Å²) < 4.78 is 33.0. The predicted octanol–water partition coefficient (Wildman–Crippen LogP) is 4.35. The van der Waals surface area contributed by atoms with Gasteiger partial charge >= 0.3 is 6.09 Å². The first-order valence-electron chi connectivity index (χ1n) is 6.98. The molecule has 130 valence electrons. The smallest absolute Gasteiger partial charge is 0.407 e. The molecule has 1 aromatic carbocycles. The lowest BCUT2D eigenvalue weighted by molar-refractivity contribution is -0.00376. The molecule has 0 radical (unpaired) electrons. The number of rotatable bonds is 6. The third kappa shape index (κ3) is 8.48. The lowest BCUT2D eigenvalue weighted by Crippen LogP contribution is -2.44. The van der Waals surface area contributed by atoms with Crippen molar-refractivity contribution in [1.82, 2.24) is 10.6 Å². The highest BCUT2D eigenvalue weighted by Gasteiger charge is 2.30. The molecule has 0 fully saturated rings. The number of carbonyl (C=O) groups is 1. The molecule has 0 saturated carbocycles. The number of ether oxygens (including phenoxy) is 1. The number of hydrogen-bond acceptors (Lipinski definition) is 3. The van der Waals surface area contributed by atoms with Gasteiger partial charge in [-0.25, -0.2) is 13.6 Å². The molecule has 0 heterocycles. The van der Waals surface area contributed by atoms with Crippen molar-refractivity contribution >= 4 is 33.6 Å². The van der Waals surface area contributed by atoms with Crippen molar-refractivity contribution in [2.75, 3.05) is 13.1 Å². The summed E-state index contributed by atoms with van der Waals surface area (Å²) in [6.45, 7) is 3.89. The molecular formula is C15H20BrClF2N2O2. The predicted molar refractivity (Wildman–Crippen MR) is 90.0 cm³/mol. The Hall–Kier alpha value is -0.920. The van der Waals surface area contributed by atoms with Crippen LogP contribution in [0, 0.1) is 0 Å². The third-order valence-corrected chi connectivity index (χ3v) is 3.80. The van der Waals surface area contributed by atoms with Gasteiger partial charge in [-0.2, -0.15) is 0 Å².